The summed E-state index contributed by atoms with van der Waals surface area (Å²) in [5.74, 6) is 0.982. The zero-order chi connectivity index (χ0) is 12.4. The largest absolute Gasteiger partial charge is 0.468 e. The fourth-order valence-corrected chi connectivity index (χ4v) is 2.46. The molecule has 0 saturated heterocycles. The maximum Gasteiger partial charge on any atom is 0.120 e. The molecule has 0 bridgehead atoms. The number of hydrogen-bond donors (Lipinski definition) is 2. The van der Waals surface area contributed by atoms with E-state index in [0.29, 0.717) is 0 Å². The summed E-state index contributed by atoms with van der Waals surface area (Å²) in [6.45, 7) is 4.04. The van der Waals surface area contributed by atoms with Crippen molar-refractivity contribution >= 4 is 5.69 Å². The average Bonchev–Trinajstić information content (AvgIpc) is 3.05. The molecule has 1 aromatic heterocycles. The lowest BCUT2D eigenvalue weighted by molar-refractivity contribution is 0.430. The van der Waals surface area contributed by atoms with Gasteiger partial charge >= 0.3 is 0 Å². The number of furan rings is 1. The molecule has 3 rings (SSSR count). The van der Waals surface area contributed by atoms with Gasteiger partial charge in [-0.15, -0.1) is 0 Å². The molecule has 1 atom stereocenters. The van der Waals surface area contributed by atoms with Gasteiger partial charge in [0.05, 0.1) is 12.3 Å². The van der Waals surface area contributed by atoms with Gasteiger partial charge in [-0.05, 0) is 36.6 Å². The van der Waals surface area contributed by atoms with E-state index in [-0.39, 0.29) is 6.04 Å². The van der Waals surface area contributed by atoms with Crippen molar-refractivity contribution in [1.29, 1.82) is 0 Å². The van der Waals surface area contributed by atoms with Crippen molar-refractivity contribution in [2.24, 2.45) is 0 Å². The van der Waals surface area contributed by atoms with Crippen LogP contribution >= 0.6 is 0 Å². The van der Waals surface area contributed by atoms with Crippen LogP contribution in [0, 0.1) is 0 Å². The lowest BCUT2D eigenvalue weighted by Crippen LogP contribution is -2.18. The predicted molar refractivity (Wildman–Crippen MR) is 72.6 cm³/mol. The van der Waals surface area contributed by atoms with Gasteiger partial charge in [-0.2, -0.15) is 0 Å². The molecule has 18 heavy (non-hydrogen) atoms. The van der Waals surface area contributed by atoms with Crippen LogP contribution in [0.1, 0.15) is 29.9 Å². The summed E-state index contributed by atoms with van der Waals surface area (Å²) in [4.78, 5) is 0. The van der Waals surface area contributed by atoms with Crippen molar-refractivity contribution < 1.29 is 4.42 Å². The number of fused-ring (bicyclic) bond motifs is 1. The van der Waals surface area contributed by atoms with Gasteiger partial charge in [0, 0.05) is 18.8 Å². The first kappa shape index (κ1) is 11.4. The standard InChI is InChI=1S/C15H18N2O/c1-11(14-6-3-9-18-14)17-10-13-5-2-4-12-7-8-16-15(12)13/h2-6,9,11,16-17H,7-8,10H2,1H3/t11-/m1/s1. The molecule has 2 aromatic rings. The van der Waals surface area contributed by atoms with Gasteiger partial charge in [0.15, 0.2) is 0 Å². The van der Waals surface area contributed by atoms with Crippen LogP contribution in [0.3, 0.4) is 0 Å². The van der Waals surface area contributed by atoms with E-state index in [1.54, 1.807) is 6.26 Å². The van der Waals surface area contributed by atoms with E-state index in [1.807, 2.05) is 12.1 Å². The Morgan fingerprint density at radius 2 is 2.28 bits per heavy atom. The Bertz CT molecular complexity index is 519. The fourth-order valence-electron chi connectivity index (χ4n) is 2.46. The van der Waals surface area contributed by atoms with Crippen molar-refractivity contribution in [3.05, 3.63) is 53.5 Å². The Kier molecular flexibility index (Phi) is 3.07. The third kappa shape index (κ3) is 2.14. The lowest BCUT2D eigenvalue weighted by Gasteiger charge is -2.14. The van der Waals surface area contributed by atoms with E-state index >= 15 is 0 Å². The highest BCUT2D eigenvalue weighted by Gasteiger charge is 2.14. The van der Waals surface area contributed by atoms with Gasteiger partial charge in [-0.3, -0.25) is 0 Å². The topological polar surface area (TPSA) is 37.2 Å². The van der Waals surface area contributed by atoms with Crippen LogP contribution in [-0.2, 0) is 13.0 Å². The molecule has 0 radical (unpaired) electrons. The van der Waals surface area contributed by atoms with Crippen LogP contribution < -0.4 is 10.6 Å². The molecule has 1 aliphatic heterocycles. The number of hydrogen-bond acceptors (Lipinski definition) is 3. The number of rotatable bonds is 4. The Morgan fingerprint density at radius 1 is 1.33 bits per heavy atom. The number of nitrogens with one attached hydrogen (secondary N) is 2. The SMILES string of the molecule is C[C@@H](NCc1cccc2c1NCC2)c1ccco1. The molecule has 3 heteroatoms. The van der Waals surface area contributed by atoms with Crippen LogP contribution in [0.5, 0.6) is 0 Å². The number of benzene rings is 1. The second-order valence-corrected chi connectivity index (χ2v) is 4.75. The third-order valence-electron chi connectivity index (χ3n) is 3.50. The van der Waals surface area contributed by atoms with Crippen molar-refractivity contribution in [1.82, 2.24) is 5.32 Å². The molecule has 3 nitrogen and oxygen atoms in total. The molecule has 0 aliphatic carbocycles. The van der Waals surface area contributed by atoms with Crippen molar-refractivity contribution in [3.8, 4) is 0 Å². The molecule has 1 aliphatic rings. The minimum atomic E-state index is 0.234. The minimum Gasteiger partial charge on any atom is -0.468 e. The van der Waals surface area contributed by atoms with E-state index in [4.69, 9.17) is 4.42 Å². The average molecular weight is 242 g/mol. The molecule has 0 spiro atoms. The van der Waals surface area contributed by atoms with Gasteiger partial charge < -0.3 is 15.1 Å². The van der Waals surface area contributed by atoms with E-state index in [0.717, 1.165) is 25.3 Å². The Hall–Kier alpha value is -1.74. The highest BCUT2D eigenvalue weighted by atomic mass is 16.3. The van der Waals surface area contributed by atoms with E-state index in [9.17, 15) is 0 Å². The zero-order valence-corrected chi connectivity index (χ0v) is 10.6. The van der Waals surface area contributed by atoms with Crippen LogP contribution in [0.25, 0.3) is 0 Å². The van der Waals surface area contributed by atoms with Crippen LogP contribution in [0.2, 0.25) is 0 Å². The Balaban J connectivity index is 1.69. The van der Waals surface area contributed by atoms with E-state index in [1.165, 1.54) is 16.8 Å². The first-order valence-electron chi connectivity index (χ1n) is 6.46. The molecule has 0 saturated carbocycles. The van der Waals surface area contributed by atoms with Crippen molar-refractivity contribution in [3.63, 3.8) is 0 Å². The molecular formula is C15H18N2O. The number of anilines is 1. The second-order valence-electron chi connectivity index (χ2n) is 4.75. The monoisotopic (exact) mass is 242 g/mol. The van der Waals surface area contributed by atoms with Gasteiger partial charge in [0.25, 0.3) is 0 Å². The minimum absolute atomic E-state index is 0.234. The van der Waals surface area contributed by atoms with Crippen LogP contribution in [0.15, 0.2) is 41.0 Å². The van der Waals surface area contributed by atoms with E-state index < -0.39 is 0 Å². The molecule has 0 fully saturated rings. The van der Waals surface area contributed by atoms with Gasteiger partial charge in [0.1, 0.15) is 5.76 Å². The summed E-state index contributed by atoms with van der Waals surface area (Å²) in [5.41, 5.74) is 4.08. The summed E-state index contributed by atoms with van der Waals surface area (Å²) in [6.07, 6.45) is 2.85. The predicted octanol–water partition coefficient (Wildman–Crippen LogP) is 3.10. The summed E-state index contributed by atoms with van der Waals surface area (Å²) >= 11 is 0. The summed E-state index contributed by atoms with van der Waals surface area (Å²) in [5, 5.41) is 6.96. The van der Waals surface area contributed by atoms with Gasteiger partial charge in [0.2, 0.25) is 0 Å². The quantitative estimate of drug-likeness (QED) is 0.865. The first-order chi connectivity index (χ1) is 8.84. The van der Waals surface area contributed by atoms with Crippen molar-refractivity contribution in [2.45, 2.75) is 25.9 Å². The number of para-hydroxylation sites is 1. The van der Waals surface area contributed by atoms with E-state index in [2.05, 4.69) is 35.8 Å². The molecule has 0 unspecified atom stereocenters. The van der Waals surface area contributed by atoms with Gasteiger partial charge in [-0.1, -0.05) is 18.2 Å². The van der Waals surface area contributed by atoms with Crippen molar-refractivity contribution in [2.75, 3.05) is 11.9 Å². The fraction of sp³-hybridized carbons (Fsp3) is 0.333. The second kappa shape index (κ2) is 4.86. The molecule has 1 aromatic carbocycles. The Labute approximate surface area is 107 Å². The normalized spacial score (nSPS) is 15.2. The Morgan fingerprint density at radius 3 is 3.11 bits per heavy atom. The maximum atomic E-state index is 5.40. The summed E-state index contributed by atoms with van der Waals surface area (Å²) < 4.78 is 5.40. The third-order valence-corrected chi connectivity index (χ3v) is 3.50. The molecule has 94 valence electrons. The maximum absolute atomic E-state index is 5.40. The van der Waals surface area contributed by atoms with Crippen LogP contribution in [-0.4, -0.2) is 6.54 Å². The molecule has 2 heterocycles. The molecule has 0 amide bonds. The highest BCUT2D eigenvalue weighted by Crippen LogP contribution is 2.26. The highest BCUT2D eigenvalue weighted by molar-refractivity contribution is 5.61. The molecular weight excluding hydrogens is 224 g/mol. The van der Waals surface area contributed by atoms with Gasteiger partial charge in [-0.25, -0.2) is 0 Å². The summed E-state index contributed by atoms with van der Waals surface area (Å²) in [6, 6.07) is 10.7. The zero-order valence-electron chi connectivity index (χ0n) is 10.6. The summed E-state index contributed by atoms with van der Waals surface area (Å²) in [7, 11) is 0. The first-order valence-corrected chi connectivity index (χ1v) is 6.46. The van der Waals surface area contributed by atoms with Crippen LogP contribution in [0.4, 0.5) is 5.69 Å². The molecule has 2 N–H and O–H groups in total. The smallest absolute Gasteiger partial charge is 0.120 e. The lowest BCUT2D eigenvalue weighted by atomic mass is 10.1.